The molecular formula is C14H20Br2ClNO. The SMILES string of the molecule is Cl.N[C@H](c1cc(Br)cc(Br)c1)[C@@H](O)C1CCCCC1. The molecule has 0 heterocycles. The maximum absolute atomic E-state index is 10.4. The van der Waals surface area contributed by atoms with Crippen LogP contribution >= 0.6 is 44.3 Å². The molecule has 2 rings (SSSR count). The highest BCUT2D eigenvalue weighted by Gasteiger charge is 2.27. The first-order chi connectivity index (χ1) is 8.58. The fourth-order valence-corrected chi connectivity index (χ4v) is 4.06. The zero-order chi connectivity index (χ0) is 13.1. The average molecular weight is 414 g/mol. The predicted molar refractivity (Wildman–Crippen MR) is 88.6 cm³/mol. The highest BCUT2D eigenvalue weighted by atomic mass is 79.9. The molecule has 1 aliphatic rings. The standard InChI is InChI=1S/C14H19Br2NO.ClH/c15-11-6-10(7-12(16)8-11)13(17)14(18)9-4-2-1-3-5-9;/h6-9,13-14,18H,1-5,17H2;1H/t13-,14+;/m1./s1. The number of aliphatic hydroxyl groups is 1. The molecule has 1 saturated carbocycles. The van der Waals surface area contributed by atoms with E-state index in [-0.39, 0.29) is 18.4 Å². The van der Waals surface area contributed by atoms with Gasteiger partial charge in [-0.3, -0.25) is 0 Å². The number of hydrogen-bond donors (Lipinski definition) is 2. The van der Waals surface area contributed by atoms with E-state index in [0.717, 1.165) is 27.4 Å². The van der Waals surface area contributed by atoms with Gasteiger partial charge in [-0.25, -0.2) is 0 Å². The Morgan fingerprint density at radius 3 is 2.11 bits per heavy atom. The molecule has 0 unspecified atom stereocenters. The van der Waals surface area contributed by atoms with Crippen molar-refractivity contribution < 1.29 is 5.11 Å². The number of halogens is 3. The van der Waals surface area contributed by atoms with Crippen LogP contribution in [0, 0.1) is 5.92 Å². The molecule has 1 fully saturated rings. The molecule has 3 N–H and O–H groups in total. The first-order valence-corrected chi connectivity index (χ1v) is 8.06. The van der Waals surface area contributed by atoms with E-state index in [2.05, 4.69) is 31.9 Å². The van der Waals surface area contributed by atoms with Crippen molar-refractivity contribution >= 4 is 44.3 Å². The van der Waals surface area contributed by atoms with Gasteiger partial charge in [-0.05, 0) is 42.5 Å². The first-order valence-electron chi connectivity index (χ1n) is 6.47. The smallest absolute Gasteiger partial charge is 0.0760 e. The molecule has 2 nitrogen and oxygen atoms in total. The van der Waals surface area contributed by atoms with Crippen LogP contribution in [0.1, 0.15) is 43.7 Å². The molecule has 108 valence electrons. The van der Waals surface area contributed by atoms with Crippen LogP contribution in [0.2, 0.25) is 0 Å². The molecule has 2 atom stereocenters. The highest BCUT2D eigenvalue weighted by molar-refractivity contribution is 9.11. The number of hydrogen-bond acceptors (Lipinski definition) is 2. The van der Waals surface area contributed by atoms with Crippen LogP contribution in [0.4, 0.5) is 0 Å². The monoisotopic (exact) mass is 411 g/mol. The van der Waals surface area contributed by atoms with Crippen molar-refractivity contribution in [3.8, 4) is 0 Å². The number of nitrogens with two attached hydrogens (primary N) is 1. The van der Waals surface area contributed by atoms with Crippen LogP contribution in [-0.2, 0) is 0 Å². The van der Waals surface area contributed by atoms with Gasteiger partial charge in [-0.1, -0.05) is 51.1 Å². The van der Waals surface area contributed by atoms with Gasteiger partial charge in [0.1, 0.15) is 0 Å². The molecule has 0 radical (unpaired) electrons. The minimum absolute atomic E-state index is 0. The third-order valence-corrected chi connectivity index (χ3v) is 4.69. The molecule has 0 spiro atoms. The third-order valence-electron chi connectivity index (χ3n) is 3.77. The second-order valence-corrected chi connectivity index (χ2v) is 6.95. The van der Waals surface area contributed by atoms with Crippen LogP contribution < -0.4 is 5.73 Å². The van der Waals surface area contributed by atoms with Crippen molar-refractivity contribution in [2.45, 2.75) is 44.2 Å². The Morgan fingerprint density at radius 1 is 1.05 bits per heavy atom. The van der Waals surface area contributed by atoms with Gasteiger partial charge in [0.2, 0.25) is 0 Å². The zero-order valence-electron chi connectivity index (χ0n) is 10.7. The Labute approximate surface area is 137 Å². The number of rotatable bonds is 3. The van der Waals surface area contributed by atoms with Gasteiger partial charge in [-0.2, -0.15) is 0 Å². The van der Waals surface area contributed by atoms with Gasteiger partial charge in [-0.15, -0.1) is 12.4 Å². The van der Waals surface area contributed by atoms with E-state index in [1.807, 2.05) is 18.2 Å². The van der Waals surface area contributed by atoms with E-state index in [4.69, 9.17) is 5.73 Å². The second kappa shape index (κ2) is 7.99. The molecule has 0 aromatic heterocycles. The lowest BCUT2D eigenvalue weighted by atomic mass is 9.81. The van der Waals surface area contributed by atoms with Gasteiger partial charge >= 0.3 is 0 Å². The van der Waals surface area contributed by atoms with Gasteiger partial charge in [0.15, 0.2) is 0 Å². The van der Waals surface area contributed by atoms with E-state index in [1.165, 1.54) is 19.3 Å². The summed E-state index contributed by atoms with van der Waals surface area (Å²) < 4.78 is 1.97. The van der Waals surface area contributed by atoms with Crippen molar-refractivity contribution in [2.75, 3.05) is 0 Å². The summed E-state index contributed by atoms with van der Waals surface area (Å²) in [6, 6.07) is 5.65. The Bertz CT molecular complexity index is 390. The quantitative estimate of drug-likeness (QED) is 0.762. The molecule has 1 aromatic rings. The fourth-order valence-electron chi connectivity index (χ4n) is 2.73. The lowest BCUT2D eigenvalue weighted by Crippen LogP contribution is -2.34. The Morgan fingerprint density at radius 2 is 1.58 bits per heavy atom. The van der Waals surface area contributed by atoms with E-state index < -0.39 is 6.10 Å². The van der Waals surface area contributed by atoms with Gasteiger partial charge in [0.05, 0.1) is 12.1 Å². The van der Waals surface area contributed by atoms with Crippen molar-refractivity contribution in [3.05, 3.63) is 32.7 Å². The summed E-state index contributed by atoms with van der Waals surface area (Å²) >= 11 is 6.92. The van der Waals surface area contributed by atoms with Crippen LogP contribution in [0.3, 0.4) is 0 Å². The summed E-state index contributed by atoms with van der Waals surface area (Å²) in [6.45, 7) is 0. The second-order valence-electron chi connectivity index (χ2n) is 5.12. The molecule has 0 saturated heterocycles. The number of benzene rings is 1. The minimum atomic E-state index is -0.438. The number of aliphatic hydroxyl groups excluding tert-OH is 1. The van der Waals surface area contributed by atoms with Crippen LogP contribution in [-0.4, -0.2) is 11.2 Å². The molecule has 0 bridgehead atoms. The van der Waals surface area contributed by atoms with Crippen molar-refractivity contribution in [1.82, 2.24) is 0 Å². The summed E-state index contributed by atoms with van der Waals surface area (Å²) in [5.41, 5.74) is 7.20. The zero-order valence-corrected chi connectivity index (χ0v) is 14.7. The third kappa shape index (κ3) is 4.71. The average Bonchev–Trinajstić information content (AvgIpc) is 2.37. The lowest BCUT2D eigenvalue weighted by Gasteiger charge is -2.30. The van der Waals surface area contributed by atoms with E-state index in [1.54, 1.807) is 0 Å². The molecule has 1 aromatic carbocycles. The predicted octanol–water partition coefficient (Wildman–Crippen LogP) is 4.57. The molecule has 0 amide bonds. The van der Waals surface area contributed by atoms with Crippen molar-refractivity contribution in [2.24, 2.45) is 11.7 Å². The Balaban J connectivity index is 0.00000180. The van der Waals surface area contributed by atoms with Gasteiger partial charge in [0, 0.05) is 8.95 Å². The molecule has 1 aliphatic carbocycles. The van der Waals surface area contributed by atoms with E-state index in [9.17, 15) is 5.11 Å². The van der Waals surface area contributed by atoms with Crippen LogP contribution in [0.15, 0.2) is 27.1 Å². The van der Waals surface area contributed by atoms with Crippen LogP contribution in [0.25, 0.3) is 0 Å². The minimum Gasteiger partial charge on any atom is -0.391 e. The van der Waals surface area contributed by atoms with Crippen molar-refractivity contribution in [1.29, 1.82) is 0 Å². The van der Waals surface area contributed by atoms with Crippen LogP contribution in [0.5, 0.6) is 0 Å². The molecule has 19 heavy (non-hydrogen) atoms. The highest BCUT2D eigenvalue weighted by Crippen LogP contribution is 2.33. The lowest BCUT2D eigenvalue weighted by molar-refractivity contribution is 0.0618. The summed E-state index contributed by atoms with van der Waals surface area (Å²) in [4.78, 5) is 0. The summed E-state index contributed by atoms with van der Waals surface area (Å²) in [6.07, 6.45) is 5.49. The molecular weight excluding hydrogens is 393 g/mol. The van der Waals surface area contributed by atoms with E-state index >= 15 is 0 Å². The first kappa shape index (κ1) is 17.4. The summed E-state index contributed by atoms with van der Waals surface area (Å²) in [5, 5.41) is 10.4. The van der Waals surface area contributed by atoms with Crippen molar-refractivity contribution in [3.63, 3.8) is 0 Å². The fraction of sp³-hybridized carbons (Fsp3) is 0.571. The molecule has 0 aliphatic heterocycles. The normalized spacial score (nSPS) is 19.6. The largest absolute Gasteiger partial charge is 0.391 e. The molecule has 5 heteroatoms. The topological polar surface area (TPSA) is 46.2 Å². The maximum Gasteiger partial charge on any atom is 0.0760 e. The van der Waals surface area contributed by atoms with Gasteiger partial charge < -0.3 is 10.8 Å². The summed E-state index contributed by atoms with van der Waals surface area (Å²) in [7, 11) is 0. The summed E-state index contributed by atoms with van der Waals surface area (Å²) in [5.74, 6) is 0.353. The maximum atomic E-state index is 10.4. The Hall–Kier alpha value is 0.390. The Kier molecular flexibility index (Phi) is 7.33. The van der Waals surface area contributed by atoms with Gasteiger partial charge in [0.25, 0.3) is 0 Å². The van der Waals surface area contributed by atoms with E-state index in [0.29, 0.717) is 5.92 Å².